The second-order valence-corrected chi connectivity index (χ2v) is 7.86. The highest BCUT2D eigenvalue weighted by atomic mass is 32.2. The van der Waals surface area contributed by atoms with E-state index in [1.54, 1.807) is 0 Å². The van der Waals surface area contributed by atoms with Crippen molar-refractivity contribution in [2.75, 3.05) is 31.1 Å². The fourth-order valence-corrected chi connectivity index (χ4v) is 3.92. The summed E-state index contributed by atoms with van der Waals surface area (Å²) in [6.45, 7) is 9.31. The minimum Gasteiger partial charge on any atom is -0.315 e. The van der Waals surface area contributed by atoms with E-state index >= 15 is 0 Å². The van der Waals surface area contributed by atoms with Crippen molar-refractivity contribution in [1.82, 2.24) is 10.6 Å². The molecule has 1 aliphatic rings. The maximum atomic E-state index is 11.3. The average molecular weight is 262 g/mol. The van der Waals surface area contributed by atoms with Gasteiger partial charge < -0.3 is 10.6 Å². The lowest BCUT2D eigenvalue weighted by Crippen LogP contribution is -2.39. The Morgan fingerprint density at radius 1 is 1.24 bits per heavy atom. The van der Waals surface area contributed by atoms with Gasteiger partial charge in [0.1, 0.15) is 0 Å². The molecule has 0 aromatic carbocycles. The Morgan fingerprint density at radius 2 is 1.94 bits per heavy atom. The van der Waals surface area contributed by atoms with Gasteiger partial charge in [-0.05, 0) is 38.3 Å². The largest absolute Gasteiger partial charge is 0.315 e. The molecule has 0 spiro atoms. The molecule has 0 radical (unpaired) electrons. The highest BCUT2D eigenvalue weighted by molar-refractivity contribution is 7.91. The van der Waals surface area contributed by atoms with E-state index < -0.39 is 9.84 Å². The molecule has 2 N–H and O–H groups in total. The fraction of sp³-hybridized carbons (Fsp3) is 1.00. The summed E-state index contributed by atoms with van der Waals surface area (Å²) in [7, 11) is -2.73. The van der Waals surface area contributed by atoms with Crippen molar-refractivity contribution in [3.05, 3.63) is 0 Å². The molecule has 0 saturated carbocycles. The van der Waals surface area contributed by atoms with Crippen LogP contribution in [0.25, 0.3) is 0 Å². The molecule has 1 fully saturated rings. The van der Waals surface area contributed by atoms with Crippen molar-refractivity contribution in [3.63, 3.8) is 0 Å². The quantitative estimate of drug-likeness (QED) is 0.707. The van der Waals surface area contributed by atoms with E-state index in [2.05, 4.69) is 31.4 Å². The van der Waals surface area contributed by atoms with E-state index in [4.69, 9.17) is 0 Å². The molecule has 102 valence electrons. The number of hydrogen-bond acceptors (Lipinski definition) is 4. The Bertz CT molecular complexity index is 314. The Labute approximate surface area is 105 Å². The number of rotatable bonds is 7. The van der Waals surface area contributed by atoms with Crippen molar-refractivity contribution in [1.29, 1.82) is 0 Å². The minimum absolute atomic E-state index is 0.313. The third kappa shape index (κ3) is 6.38. The van der Waals surface area contributed by atoms with Crippen LogP contribution in [0.5, 0.6) is 0 Å². The van der Waals surface area contributed by atoms with Gasteiger partial charge in [0.15, 0.2) is 9.84 Å². The van der Waals surface area contributed by atoms with E-state index in [0.29, 0.717) is 29.4 Å². The van der Waals surface area contributed by atoms with Crippen LogP contribution in [0.3, 0.4) is 0 Å². The zero-order valence-electron chi connectivity index (χ0n) is 11.2. The second kappa shape index (κ2) is 6.71. The maximum absolute atomic E-state index is 11.3. The van der Waals surface area contributed by atoms with E-state index in [1.807, 2.05) is 0 Å². The summed E-state index contributed by atoms with van der Waals surface area (Å²) < 4.78 is 22.6. The molecule has 1 saturated heterocycles. The molecule has 0 aliphatic carbocycles. The van der Waals surface area contributed by atoms with Gasteiger partial charge in [-0.2, -0.15) is 0 Å². The molecule has 0 aromatic heterocycles. The fourth-order valence-electron chi connectivity index (χ4n) is 2.06. The lowest BCUT2D eigenvalue weighted by Gasteiger charge is -2.17. The number of sulfone groups is 1. The zero-order chi connectivity index (χ0) is 12.9. The van der Waals surface area contributed by atoms with Gasteiger partial charge >= 0.3 is 0 Å². The first kappa shape index (κ1) is 14.9. The molecular weight excluding hydrogens is 236 g/mol. The van der Waals surface area contributed by atoms with Crippen LogP contribution in [0, 0.1) is 11.8 Å². The molecule has 0 aromatic rings. The molecule has 2 atom stereocenters. The molecule has 1 heterocycles. The summed E-state index contributed by atoms with van der Waals surface area (Å²) in [4.78, 5) is 0. The predicted molar refractivity (Wildman–Crippen MR) is 71.9 cm³/mol. The summed E-state index contributed by atoms with van der Waals surface area (Å²) in [6.07, 6.45) is 0.821. The van der Waals surface area contributed by atoms with Crippen LogP contribution in [0.2, 0.25) is 0 Å². The van der Waals surface area contributed by atoms with Gasteiger partial charge in [0.2, 0.25) is 0 Å². The molecule has 2 unspecified atom stereocenters. The van der Waals surface area contributed by atoms with Crippen molar-refractivity contribution in [3.8, 4) is 0 Å². The monoisotopic (exact) mass is 262 g/mol. The Morgan fingerprint density at radius 3 is 2.47 bits per heavy atom. The maximum Gasteiger partial charge on any atom is 0.150 e. The molecule has 5 heteroatoms. The van der Waals surface area contributed by atoms with Crippen molar-refractivity contribution < 1.29 is 8.42 Å². The van der Waals surface area contributed by atoms with Gasteiger partial charge in [-0.1, -0.05) is 13.8 Å². The highest BCUT2D eigenvalue weighted by Gasteiger charge is 2.27. The lowest BCUT2D eigenvalue weighted by molar-refractivity contribution is 0.435. The smallest absolute Gasteiger partial charge is 0.150 e. The Kier molecular flexibility index (Phi) is 5.89. The summed E-state index contributed by atoms with van der Waals surface area (Å²) in [5.41, 5.74) is 0. The zero-order valence-corrected chi connectivity index (χ0v) is 12.0. The normalized spacial score (nSPS) is 25.3. The second-order valence-electron chi connectivity index (χ2n) is 5.63. The van der Waals surface area contributed by atoms with Crippen molar-refractivity contribution >= 4 is 9.84 Å². The van der Waals surface area contributed by atoms with Crippen LogP contribution in [-0.2, 0) is 9.84 Å². The molecule has 1 aliphatic heterocycles. The van der Waals surface area contributed by atoms with Crippen LogP contribution < -0.4 is 10.6 Å². The Balaban J connectivity index is 2.10. The summed E-state index contributed by atoms with van der Waals surface area (Å²) in [5, 5.41) is 6.80. The van der Waals surface area contributed by atoms with Crippen LogP contribution in [0.4, 0.5) is 0 Å². The molecule has 4 nitrogen and oxygen atoms in total. The van der Waals surface area contributed by atoms with Gasteiger partial charge in [0, 0.05) is 12.6 Å². The molecule has 0 bridgehead atoms. The van der Waals surface area contributed by atoms with Gasteiger partial charge in [-0.25, -0.2) is 8.42 Å². The average Bonchev–Trinajstić information content (AvgIpc) is 2.55. The van der Waals surface area contributed by atoms with Crippen LogP contribution in [-0.4, -0.2) is 45.6 Å². The molecule has 17 heavy (non-hydrogen) atoms. The topological polar surface area (TPSA) is 58.2 Å². The number of nitrogens with one attached hydrogen (secondary N) is 2. The predicted octanol–water partition coefficient (Wildman–Crippen LogP) is 0.645. The van der Waals surface area contributed by atoms with Crippen LogP contribution >= 0.6 is 0 Å². The van der Waals surface area contributed by atoms with Gasteiger partial charge in [-0.15, -0.1) is 0 Å². The molecular formula is C12H26N2O2S. The third-order valence-electron chi connectivity index (χ3n) is 3.08. The SMILES string of the molecule is CC(C)CNCC(C)NCC1CCS(=O)(=O)C1. The van der Waals surface area contributed by atoms with Gasteiger partial charge in [0.25, 0.3) is 0 Å². The van der Waals surface area contributed by atoms with E-state index in [9.17, 15) is 8.42 Å². The van der Waals surface area contributed by atoms with E-state index in [1.165, 1.54) is 0 Å². The minimum atomic E-state index is -2.73. The third-order valence-corrected chi connectivity index (χ3v) is 4.92. The van der Waals surface area contributed by atoms with E-state index in [0.717, 1.165) is 26.1 Å². The van der Waals surface area contributed by atoms with Gasteiger partial charge in [0.05, 0.1) is 11.5 Å². The van der Waals surface area contributed by atoms with Crippen molar-refractivity contribution in [2.45, 2.75) is 33.2 Å². The molecule has 1 rings (SSSR count). The first-order valence-electron chi connectivity index (χ1n) is 6.53. The van der Waals surface area contributed by atoms with E-state index in [-0.39, 0.29) is 0 Å². The van der Waals surface area contributed by atoms with Gasteiger partial charge in [-0.3, -0.25) is 0 Å². The first-order valence-corrected chi connectivity index (χ1v) is 8.35. The van der Waals surface area contributed by atoms with Crippen molar-refractivity contribution in [2.24, 2.45) is 11.8 Å². The summed E-state index contributed by atoms with van der Waals surface area (Å²) in [5.74, 6) is 1.72. The number of hydrogen-bond donors (Lipinski definition) is 2. The first-order chi connectivity index (χ1) is 7.89. The highest BCUT2D eigenvalue weighted by Crippen LogP contribution is 2.17. The summed E-state index contributed by atoms with van der Waals surface area (Å²) in [6, 6.07) is 0.400. The molecule has 0 amide bonds. The Hall–Kier alpha value is -0.130. The summed E-state index contributed by atoms with van der Waals surface area (Å²) >= 11 is 0. The van der Waals surface area contributed by atoms with Crippen LogP contribution in [0.15, 0.2) is 0 Å². The van der Waals surface area contributed by atoms with Crippen LogP contribution in [0.1, 0.15) is 27.2 Å². The lowest BCUT2D eigenvalue weighted by atomic mass is 10.1. The standard InChI is InChI=1S/C12H26N2O2S/c1-10(2)6-13-7-11(3)14-8-12-4-5-17(15,16)9-12/h10-14H,4-9H2,1-3H3.